The molecule has 1 amide bonds. The Morgan fingerprint density at radius 1 is 1.36 bits per heavy atom. The SMILES string of the molecule is N#Cc1cc([N+](=O)[O-])cn(CC(=O)Nc2ccccc2)c1=O. The molecule has 0 aliphatic carbocycles. The fraction of sp³-hybridized carbons (Fsp3) is 0.0714. The molecule has 0 saturated heterocycles. The molecule has 1 aromatic heterocycles. The standard InChI is InChI=1S/C14H10N4O4/c15-7-10-6-12(18(21)22)8-17(14(10)20)9-13(19)16-11-4-2-1-3-5-11/h1-6,8H,9H2,(H,16,19). The topological polar surface area (TPSA) is 118 Å². The number of rotatable bonds is 4. The smallest absolute Gasteiger partial charge is 0.287 e. The van der Waals surface area contributed by atoms with Gasteiger partial charge in [-0.15, -0.1) is 0 Å². The van der Waals surface area contributed by atoms with Crippen molar-refractivity contribution in [3.63, 3.8) is 0 Å². The van der Waals surface area contributed by atoms with E-state index < -0.39 is 28.6 Å². The molecular formula is C14H10N4O4. The first-order chi connectivity index (χ1) is 10.5. The Kier molecular flexibility index (Phi) is 4.29. The van der Waals surface area contributed by atoms with Crippen LogP contribution < -0.4 is 10.9 Å². The third-order valence-electron chi connectivity index (χ3n) is 2.77. The Labute approximate surface area is 124 Å². The van der Waals surface area contributed by atoms with Crippen LogP contribution >= 0.6 is 0 Å². The Balaban J connectivity index is 2.27. The van der Waals surface area contributed by atoms with Gasteiger partial charge in [0.05, 0.1) is 11.1 Å². The van der Waals surface area contributed by atoms with Crippen LogP contribution in [0, 0.1) is 21.4 Å². The van der Waals surface area contributed by atoms with Crippen LogP contribution in [-0.4, -0.2) is 15.4 Å². The van der Waals surface area contributed by atoms with Crippen molar-refractivity contribution in [1.29, 1.82) is 5.26 Å². The van der Waals surface area contributed by atoms with Gasteiger partial charge in [-0.2, -0.15) is 5.26 Å². The number of carbonyl (C=O) groups is 1. The number of amides is 1. The molecule has 8 nitrogen and oxygen atoms in total. The maximum absolute atomic E-state index is 11.9. The van der Waals surface area contributed by atoms with Crippen LogP contribution in [0.4, 0.5) is 11.4 Å². The number of nitriles is 1. The summed E-state index contributed by atoms with van der Waals surface area (Å²) in [5.74, 6) is -0.530. The van der Waals surface area contributed by atoms with E-state index in [0.717, 1.165) is 16.8 Å². The van der Waals surface area contributed by atoms with Crippen molar-refractivity contribution < 1.29 is 9.72 Å². The molecule has 0 unspecified atom stereocenters. The lowest BCUT2D eigenvalue weighted by Gasteiger charge is -2.07. The molecular weight excluding hydrogens is 288 g/mol. The van der Waals surface area contributed by atoms with Gasteiger partial charge in [-0.3, -0.25) is 24.3 Å². The highest BCUT2D eigenvalue weighted by molar-refractivity contribution is 5.90. The number of nitrogens with zero attached hydrogens (tertiary/aromatic N) is 3. The number of nitrogens with one attached hydrogen (secondary N) is 1. The number of benzene rings is 1. The molecule has 0 radical (unpaired) electrons. The number of anilines is 1. The first-order valence-corrected chi connectivity index (χ1v) is 6.15. The molecule has 110 valence electrons. The highest BCUT2D eigenvalue weighted by atomic mass is 16.6. The zero-order valence-corrected chi connectivity index (χ0v) is 11.2. The fourth-order valence-electron chi connectivity index (χ4n) is 1.79. The Morgan fingerprint density at radius 3 is 2.64 bits per heavy atom. The van der Waals surface area contributed by atoms with Crippen molar-refractivity contribution in [2.45, 2.75) is 6.54 Å². The Morgan fingerprint density at radius 2 is 2.05 bits per heavy atom. The molecule has 0 saturated carbocycles. The quantitative estimate of drug-likeness (QED) is 0.673. The number of para-hydroxylation sites is 1. The molecule has 1 aromatic carbocycles. The second-order valence-electron chi connectivity index (χ2n) is 4.33. The molecule has 0 spiro atoms. The van der Waals surface area contributed by atoms with E-state index in [2.05, 4.69) is 5.32 Å². The summed E-state index contributed by atoms with van der Waals surface area (Å²) < 4.78 is 0.842. The minimum Gasteiger partial charge on any atom is -0.325 e. The third kappa shape index (κ3) is 3.34. The van der Waals surface area contributed by atoms with Crippen molar-refractivity contribution >= 4 is 17.3 Å². The number of hydrogen-bond donors (Lipinski definition) is 1. The lowest BCUT2D eigenvalue weighted by Crippen LogP contribution is -2.29. The maximum Gasteiger partial charge on any atom is 0.287 e. The summed E-state index contributed by atoms with van der Waals surface area (Å²) in [6.45, 7) is -0.427. The monoisotopic (exact) mass is 298 g/mol. The summed E-state index contributed by atoms with van der Waals surface area (Å²) >= 11 is 0. The van der Waals surface area contributed by atoms with Gasteiger partial charge in [0, 0.05) is 11.8 Å². The van der Waals surface area contributed by atoms with E-state index in [1.165, 1.54) is 0 Å². The molecule has 0 bridgehead atoms. The van der Waals surface area contributed by atoms with Gasteiger partial charge in [-0.1, -0.05) is 18.2 Å². The lowest BCUT2D eigenvalue weighted by molar-refractivity contribution is -0.385. The minimum atomic E-state index is -0.753. The predicted octanol–water partition coefficient (Wildman–Crippen LogP) is 1.27. The highest BCUT2D eigenvalue weighted by Gasteiger charge is 2.15. The maximum atomic E-state index is 11.9. The van der Waals surface area contributed by atoms with Gasteiger partial charge in [0.15, 0.2) is 0 Å². The molecule has 0 atom stereocenters. The Hall–Kier alpha value is -3.47. The summed E-state index contributed by atoms with van der Waals surface area (Å²) in [6, 6.07) is 11.0. The molecule has 22 heavy (non-hydrogen) atoms. The van der Waals surface area contributed by atoms with Crippen molar-refractivity contribution in [2.24, 2.45) is 0 Å². The van der Waals surface area contributed by atoms with Crippen molar-refractivity contribution in [2.75, 3.05) is 5.32 Å². The van der Waals surface area contributed by atoms with Crippen LogP contribution in [0.15, 0.2) is 47.4 Å². The average molecular weight is 298 g/mol. The second kappa shape index (κ2) is 6.32. The molecule has 0 fully saturated rings. The van der Waals surface area contributed by atoms with E-state index >= 15 is 0 Å². The van der Waals surface area contributed by atoms with Gasteiger partial charge in [0.25, 0.3) is 11.2 Å². The van der Waals surface area contributed by atoms with E-state index in [9.17, 15) is 19.7 Å². The largest absolute Gasteiger partial charge is 0.325 e. The van der Waals surface area contributed by atoms with E-state index in [1.807, 2.05) is 0 Å². The third-order valence-corrected chi connectivity index (χ3v) is 2.77. The van der Waals surface area contributed by atoms with Gasteiger partial charge in [0.2, 0.25) is 5.91 Å². The summed E-state index contributed by atoms with van der Waals surface area (Å²) in [5.41, 5.74) is -1.03. The first-order valence-electron chi connectivity index (χ1n) is 6.15. The van der Waals surface area contributed by atoms with E-state index in [-0.39, 0.29) is 5.56 Å². The number of hydrogen-bond acceptors (Lipinski definition) is 5. The van der Waals surface area contributed by atoms with Gasteiger partial charge < -0.3 is 5.32 Å². The van der Waals surface area contributed by atoms with Crippen LogP contribution in [0.2, 0.25) is 0 Å². The van der Waals surface area contributed by atoms with Gasteiger partial charge in [-0.05, 0) is 12.1 Å². The van der Waals surface area contributed by atoms with Crippen molar-refractivity contribution in [3.8, 4) is 6.07 Å². The van der Waals surface area contributed by atoms with Crippen LogP contribution in [0.25, 0.3) is 0 Å². The second-order valence-corrected chi connectivity index (χ2v) is 4.33. The van der Waals surface area contributed by atoms with Gasteiger partial charge >= 0.3 is 0 Å². The molecule has 1 heterocycles. The summed E-state index contributed by atoms with van der Waals surface area (Å²) in [6.07, 6.45) is 0.938. The molecule has 1 N–H and O–H groups in total. The van der Waals surface area contributed by atoms with Crippen LogP contribution in [0.3, 0.4) is 0 Å². The van der Waals surface area contributed by atoms with E-state index in [0.29, 0.717) is 5.69 Å². The zero-order valence-electron chi connectivity index (χ0n) is 11.2. The van der Waals surface area contributed by atoms with Crippen LogP contribution in [-0.2, 0) is 11.3 Å². The summed E-state index contributed by atoms with van der Waals surface area (Å²) in [7, 11) is 0. The first kappa shape index (κ1) is 14.9. The number of carbonyl (C=O) groups excluding carboxylic acids is 1. The van der Waals surface area contributed by atoms with Gasteiger partial charge in [0.1, 0.15) is 18.2 Å². The number of nitro groups is 1. The summed E-state index contributed by atoms with van der Waals surface area (Å²) in [5, 5.41) is 22.2. The average Bonchev–Trinajstić information content (AvgIpc) is 2.50. The molecule has 0 aliphatic heterocycles. The lowest BCUT2D eigenvalue weighted by atomic mass is 10.2. The fourth-order valence-corrected chi connectivity index (χ4v) is 1.79. The molecule has 0 aliphatic rings. The zero-order chi connectivity index (χ0) is 16.1. The van der Waals surface area contributed by atoms with Crippen LogP contribution in [0.5, 0.6) is 0 Å². The predicted molar refractivity (Wildman–Crippen MR) is 77.1 cm³/mol. The number of aromatic nitrogens is 1. The minimum absolute atomic E-state index is 0.387. The normalized spacial score (nSPS) is 9.77. The highest BCUT2D eigenvalue weighted by Crippen LogP contribution is 2.10. The molecule has 2 aromatic rings. The molecule has 8 heteroatoms. The number of pyridine rings is 1. The van der Waals surface area contributed by atoms with Crippen molar-refractivity contribution in [3.05, 3.63) is 68.6 Å². The molecule has 2 rings (SSSR count). The Bertz CT molecular complexity index is 821. The summed E-state index contributed by atoms with van der Waals surface area (Å²) in [4.78, 5) is 33.9. The van der Waals surface area contributed by atoms with Crippen LogP contribution in [0.1, 0.15) is 5.56 Å². The van der Waals surface area contributed by atoms with E-state index in [1.54, 1.807) is 36.4 Å². The van der Waals surface area contributed by atoms with E-state index in [4.69, 9.17) is 5.26 Å². The van der Waals surface area contributed by atoms with Crippen molar-refractivity contribution in [1.82, 2.24) is 4.57 Å². The van der Waals surface area contributed by atoms with Gasteiger partial charge in [-0.25, -0.2) is 0 Å².